The molecule has 1 aromatic heterocycles. The maximum atomic E-state index is 9.15. The second-order valence-electron chi connectivity index (χ2n) is 5.49. The molecule has 0 aromatic carbocycles. The fourth-order valence-electron chi connectivity index (χ4n) is 2.03. The van der Waals surface area contributed by atoms with Crippen LogP contribution >= 0.6 is 23.1 Å². The molecule has 1 rings (SSSR count). The number of thioether (sulfide) groups is 1. The lowest BCUT2D eigenvalue weighted by atomic mass is 10.1. The van der Waals surface area contributed by atoms with Crippen molar-refractivity contribution in [2.45, 2.75) is 32.6 Å². The number of rotatable bonds is 6. The number of nitrogens with zero attached hydrogens (tertiary/aromatic N) is 2. The van der Waals surface area contributed by atoms with Gasteiger partial charge in [-0.05, 0) is 18.1 Å². The van der Waals surface area contributed by atoms with E-state index in [2.05, 4.69) is 38.7 Å². The topological polar surface area (TPSA) is 53.0 Å². The molecule has 0 spiro atoms. The highest BCUT2D eigenvalue weighted by atomic mass is 32.2. The highest BCUT2D eigenvalue weighted by Gasteiger charge is 2.21. The van der Waals surface area contributed by atoms with Crippen LogP contribution in [0.2, 0.25) is 0 Å². The van der Waals surface area contributed by atoms with Gasteiger partial charge in [0.15, 0.2) is 0 Å². The van der Waals surface area contributed by atoms with E-state index < -0.39 is 0 Å². The highest BCUT2D eigenvalue weighted by molar-refractivity contribution is 7.99. The van der Waals surface area contributed by atoms with Gasteiger partial charge in [0.05, 0.1) is 10.6 Å². The van der Waals surface area contributed by atoms with Gasteiger partial charge in [-0.3, -0.25) is 0 Å². The van der Waals surface area contributed by atoms with Crippen molar-refractivity contribution in [1.29, 1.82) is 5.26 Å². The molecule has 5 heteroatoms. The van der Waals surface area contributed by atoms with Crippen LogP contribution in [0.3, 0.4) is 0 Å². The predicted molar refractivity (Wildman–Crippen MR) is 87.1 cm³/mol. The number of hydrogen-bond donors (Lipinski definition) is 1. The molecule has 0 saturated carbocycles. The Kier molecular flexibility index (Phi) is 6.02. The van der Waals surface area contributed by atoms with Crippen molar-refractivity contribution in [2.75, 3.05) is 30.0 Å². The molecule has 0 bridgehead atoms. The summed E-state index contributed by atoms with van der Waals surface area (Å²) in [4.78, 5) is 4.07. The Labute approximate surface area is 124 Å². The van der Waals surface area contributed by atoms with Crippen LogP contribution in [0.1, 0.15) is 32.6 Å². The lowest BCUT2D eigenvalue weighted by Crippen LogP contribution is -2.31. The standard InChI is InChI=1S/C14H23N3S2/c1-9(2)7-17(8-10(3)4)14-13(18-5)12(16)11(6-15)19-14/h9-10H,7-8,16H2,1-5H3. The van der Waals surface area contributed by atoms with Crippen LogP contribution < -0.4 is 10.6 Å². The molecule has 0 radical (unpaired) electrons. The summed E-state index contributed by atoms with van der Waals surface area (Å²) in [6.45, 7) is 10.9. The van der Waals surface area contributed by atoms with Gasteiger partial charge in [-0.25, -0.2) is 0 Å². The van der Waals surface area contributed by atoms with Crippen LogP contribution in [0.5, 0.6) is 0 Å². The number of thiophene rings is 1. The van der Waals surface area contributed by atoms with Crippen LogP contribution in [0, 0.1) is 23.2 Å². The Bertz CT molecular complexity index is 448. The maximum Gasteiger partial charge on any atom is 0.131 e. The highest BCUT2D eigenvalue weighted by Crippen LogP contribution is 2.43. The number of nitriles is 1. The molecular formula is C14H23N3S2. The number of hydrogen-bond acceptors (Lipinski definition) is 5. The first kappa shape index (κ1) is 16.2. The largest absolute Gasteiger partial charge is 0.396 e. The summed E-state index contributed by atoms with van der Waals surface area (Å²) in [5, 5.41) is 10.3. The Morgan fingerprint density at radius 1 is 1.26 bits per heavy atom. The molecule has 0 aliphatic rings. The van der Waals surface area contributed by atoms with Crippen LogP contribution in [0.4, 0.5) is 10.7 Å². The first-order valence-electron chi connectivity index (χ1n) is 6.51. The zero-order valence-corrected chi connectivity index (χ0v) is 14.0. The second kappa shape index (κ2) is 7.06. The maximum absolute atomic E-state index is 9.15. The summed E-state index contributed by atoms with van der Waals surface area (Å²) in [5.41, 5.74) is 6.71. The van der Waals surface area contributed by atoms with Crippen molar-refractivity contribution in [2.24, 2.45) is 11.8 Å². The van der Waals surface area contributed by atoms with E-state index >= 15 is 0 Å². The third-order valence-corrected chi connectivity index (χ3v) is 4.77. The minimum atomic E-state index is 0.585. The number of nitrogen functional groups attached to an aromatic ring is 1. The van der Waals surface area contributed by atoms with Crippen LogP contribution in [-0.2, 0) is 0 Å². The molecule has 0 amide bonds. The van der Waals surface area contributed by atoms with Crippen molar-refractivity contribution in [3.8, 4) is 6.07 Å². The molecule has 0 aliphatic carbocycles. The minimum Gasteiger partial charge on any atom is -0.396 e. The van der Waals surface area contributed by atoms with Crippen molar-refractivity contribution >= 4 is 33.8 Å². The summed E-state index contributed by atoms with van der Waals surface area (Å²) in [6.07, 6.45) is 2.02. The zero-order chi connectivity index (χ0) is 14.6. The summed E-state index contributed by atoms with van der Waals surface area (Å²) >= 11 is 3.16. The van der Waals surface area contributed by atoms with Crippen LogP contribution in [0.15, 0.2) is 4.90 Å². The Hall–Kier alpha value is -0.860. The van der Waals surface area contributed by atoms with E-state index in [-0.39, 0.29) is 0 Å². The number of nitrogens with two attached hydrogens (primary N) is 1. The lowest BCUT2D eigenvalue weighted by Gasteiger charge is -2.28. The average Bonchev–Trinajstić information content (AvgIpc) is 2.63. The monoisotopic (exact) mass is 297 g/mol. The van der Waals surface area contributed by atoms with E-state index in [1.54, 1.807) is 11.8 Å². The second-order valence-corrected chi connectivity index (χ2v) is 7.30. The Morgan fingerprint density at radius 3 is 2.16 bits per heavy atom. The Balaban J connectivity index is 3.17. The number of anilines is 2. The molecular weight excluding hydrogens is 274 g/mol. The zero-order valence-electron chi connectivity index (χ0n) is 12.4. The molecule has 1 aromatic rings. The van der Waals surface area contributed by atoms with E-state index in [0.717, 1.165) is 23.0 Å². The van der Waals surface area contributed by atoms with Gasteiger partial charge in [-0.1, -0.05) is 27.7 Å². The van der Waals surface area contributed by atoms with Gasteiger partial charge in [-0.15, -0.1) is 23.1 Å². The average molecular weight is 297 g/mol. The van der Waals surface area contributed by atoms with E-state index in [9.17, 15) is 0 Å². The van der Waals surface area contributed by atoms with E-state index in [4.69, 9.17) is 11.0 Å². The molecule has 0 saturated heterocycles. The molecule has 2 N–H and O–H groups in total. The van der Waals surface area contributed by atoms with Crippen molar-refractivity contribution in [3.05, 3.63) is 4.88 Å². The van der Waals surface area contributed by atoms with Gasteiger partial charge < -0.3 is 10.6 Å². The third-order valence-electron chi connectivity index (χ3n) is 2.65. The fourth-order valence-corrected chi connectivity index (χ4v) is 4.02. The van der Waals surface area contributed by atoms with Gasteiger partial charge in [0.2, 0.25) is 0 Å². The molecule has 0 unspecified atom stereocenters. The molecule has 3 nitrogen and oxygen atoms in total. The Morgan fingerprint density at radius 2 is 1.79 bits per heavy atom. The third kappa shape index (κ3) is 4.05. The van der Waals surface area contributed by atoms with E-state index in [1.165, 1.54) is 11.3 Å². The molecule has 19 heavy (non-hydrogen) atoms. The lowest BCUT2D eigenvalue weighted by molar-refractivity contribution is 0.553. The molecule has 0 fully saturated rings. The van der Waals surface area contributed by atoms with Crippen molar-refractivity contribution in [1.82, 2.24) is 0 Å². The predicted octanol–water partition coefficient (Wildman–Crippen LogP) is 4.04. The SMILES string of the molecule is CSc1c(N(CC(C)C)CC(C)C)sc(C#N)c1N. The summed E-state index contributed by atoms with van der Waals surface area (Å²) in [6, 6.07) is 2.21. The quantitative estimate of drug-likeness (QED) is 0.805. The van der Waals surface area contributed by atoms with E-state index in [0.29, 0.717) is 22.4 Å². The first-order chi connectivity index (χ1) is 8.90. The fraction of sp³-hybridized carbons (Fsp3) is 0.643. The summed E-state index contributed by atoms with van der Waals surface area (Å²) in [7, 11) is 0. The van der Waals surface area contributed by atoms with Crippen LogP contribution in [0.25, 0.3) is 0 Å². The molecule has 106 valence electrons. The summed E-state index contributed by atoms with van der Waals surface area (Å²) in [5.74, 6) is 1.17. The van der Waals surface area contributed by atoms with Gasteiger partial charge >= 0.3 is 0 Å². The normalized spacial score (nSPS) is 11.1. The van der Waals surface area contributed by atoms with Crippen LogP contribution in [-0.4, -0.2) is 19.3 Å². The van der Waals surface area contributed by atoms with Gasteiger partial charge in [0.25, 0.3) is 0 Å². The van der Waals surface area contributed by atoms with Crippen molar-refractivity contribution < 1.29 is 0 Å². The molecule has 0 atom stereocenters. The van der Waals surface area contributed by atoms with Gasteiger partial charge in [0, 0.05) is 13.1 Å². The first-order valence-corrected chi connectivity index (χ1v) is 8.56. The molecule has 0 aliphatic heterocycles. The van der Waals surface area contributed by atoms with E-state index in [1.807, 2.05) is 6.26 Å². The van der Waals surface area contributed by atoms with Crippen molar-refractivity contribution in [3.63, 3.8) is 0 Å². The van der Waals surface area contributed by atoms with Gasteiger partial charge in [-0.2, -0.15) is 5.26 Å². The molecule has 1 heterocycles. The summed E-state index contributed by atoms with van der Waals surface area (Å²) < 4.78 is 0. The van der Waals surface area contributed by atoms with Gasteiger partial charge in [0.1, 0.15) is 15.9 Å². The minimum absolute atomic E-state index is 0.585. The smallest absolute Gasteiger partial charge is 0.131 e.